The van der Waals surface area contributed by atoms with Crippen molar-refractivity contribution in [3.63, 3.8) is 0 Å². The first-order chi connectivity index (χ1) is 18.8. The molecule has 0 saturated carbocycles. The normalized spacial score (nSPS) is 14.9. The van der Waals surface area contributed by atoms with Crippen LogP contribution < -0.4 is 0 Å². The maximum absolute atomic E-state index is 5.14. The van der Waals surface area contributed by atoms with Crippen molar-refractivity contribution in [2.24, 2.45) is 0 Å². The van der Waals surface area contributed by atoms with Crippen LogP contribution in [0.5, 0.6) is 0 Å². The van der Waals surface area contributed by atoms with E-state index in [1.54, 1.807) is 0 Å². The number of hydrogen-bond acceptors (Lipinski definition) is 2. The second-order valence-electron chi connectivity index (χ2n) is 11.7. The zero-order valence-corrected chi connectivity index (χ0v) is 20.7. The smallest absolute Gasteiger partial charge is 0.0896 e. The number of para-hydroxylation sites is 2. The molecule has 5 aliphatic rings. The van der Waals surface area contributed by atoms with Crippen LogP contribution in [0.15, 0.2) is 72.9 Å². The highest BCUT2D eigenvalue weighted by Gasteiger charge is 2.42. The van der Waals surface area contributed by atoms with Crippen molar-refractivity contribution >= 4 is 11.0 Å². The van der Waals surface area contributed by atoms with E-state index in [-0.39, 0.29) is 0 Å². The van der Waals surface area contributed by atoms with Crippen molar-refractivity contribution in [2.75, 3.05) is 0 Å². The average molecular weight is 481 g/mol. The molecule has 0 unspecified atom stereocenters. The van der Waals surface area contributed by atoms with Crippen LogP contribution in [0.4, 0.5) is 0 Å². The highest BCUT2D eigenvalue weighted by Crippen LogP contribution is 2.63. The van der Waals surface area contributed by atoms with Gasteiger partial charge in [0.05, 0.1) is 22.9 Å². The Morgan fingerprint density at radius 3 is 1.53 bits per heavy atom. The van der Waals surface area contributed by atoms with Crippen LogP contribution >= 0.6 is 0 Å². The minimum Gasteiger partial charge on any atom is -0.252 e. The monoisotopic (exact) mass is 480 g/mol. The quantitative estimate of drug-likeness (QED) is 0.239. The van der Waals surface area contributed by atoms with E-state index < -0.39 is 0 Å². The Kier molecular flexibility index (Phi) is 2.92. The summed E-state index contributed by atoms with van der Waals surface area (Å²) in [5.74, 6) is 0. The van der Waals surface area contributed by atoms with E-state index in [4.69, 9.17) is 9.97 Å². The fourth-order valence-corrected chi connectivity index (χ4v) is 8.45. The van der Waals surface area contributed by atoms with Crippen molar-refractivity contribution < 1.29 is 0 Å². The van der Waals surface area contributed by atoms with Gasteiger partial charge in [0.25, 0.3) is 0 Å². The van der Waals surface area contributed by atoms with Gasteiger partial charge in [0, 0.05) is 5.56 Å². The van der Waals surface area contributed by atoms with Crippen molar-refractivity contribution in [1.82, 2.24) is 9.97 Å². The van der Waals surface area contributed by atoms with Gasteiger partial charge < -0.3 is 0 Å². The predicted octanol–water partition coefficient (Wildman–Crippen LogP) is 7.90. The molecule has 0 radical (unpaired) electrons. The molecule has 0 amide bonds. The molecule has 11 rings (SSSR count). The first kappa shape index (κ1) is 18.6. The van der Waals surface area contributed by atoms with Gasteiger partial charge in [-0.25, -0.2) is 4.98 Å². The molecule has 5 aromatic carbocycles. The summed E-state index contributed by atoms with van der Waals surface area (Å²) in [5.41, 5.74) is 28.2. The maximum Gasteiger partial charge on any atom is 0.0896 e. The van der Waals surface area contributed by atoms with Crippen molar-refractivity contribution in [3.05, 3.63) is 117 Å². The van der Waals surface area contributed by atoms with E-state index in [0.29, 0.717) is 0 Å². The highest BCUT2D eigenvalue weighted by molar-refractivity contribution is 6.14. The van der Waals surface area contributed by atoms with Crippen LogP contribution in [0.25, 0.3) is 66.8 Å². The number of rotatable bonds is 1. The summed E-state index contributed by atoms with van der Waals surface area (Å²) in [6, 6.07) is 25.2. The van der Waals surface area contributed by atoms with E-state index in [0.717, 1.165) is 42.4 Å². The summed E-state index contributed by atoms with van der Waals surface area (Å²) < 4.78 is 0. The van der Waals surface area contributed by atoms with Crippen molar-refractivity contribution in [2.45, 2.75) is 25.7 Å². The van der Waals surface area contributed by atoms with E-state index in [1.807, 2.05) is 18.3 Å². The molecule has 0 atom stereocenters. The molecule has 0 N–H and O–H groups in total. The summed E-state index contributed by atoms with van der Waals surface area (Å²) in [4.78, 5) is 9.95. The molecule has 0 aliphatic heterocycles. The Hall–Kier alpha value is -4.56. The number of aromatic nitrogens is 2. The fraction of sp³-hybridized carbons (Fsp3) is 0.111. The minimum atomic E-state index is 0.951. The SMILES string of the molecule is c1ccc2nc(-c3cc4c5c6c3Cc3ccc7c(c3-6)-c3c(ccc6c3-c3c(ccc(c3-5)C4)C6)C7)cnc2c1. The molecule has 174 valence electrons. The molecule has 2 nitrogen and oxygen atoms in total. The van der Waals surface area contributed by atoms with E-state index in [1.165, 1.54) is 94.6 Å². The van der Waals surface area contributed by atoms with Crippen LogP contribution in [-0.2, 0) is 25.7 Å². The topological polar surface area (TPSA) is 25.8 Å². The third-order valence-corrected chi connectivity index (χ3v) is 9.88. The molecule has 0 fully saturated rings. The average Bonchev–Trinajstić information content (AvgIpc) is 3.68. The van der Waals surface area contributed by atoms with E-state index in [2.05, 4.69) is 54.6 Å². The lowest BCUT2D eigenvalue weighted by Gasteiger charge is -2.23. The molecule has 0 bridgehead atoms. The molecule has 38 heavy (non-hydrogen) atoms. The summed E-state index contributed by atoms with van der Waals surface area (Å²) in [7, 11) is 0. The van der Waals surface area contributed by atoms with Gasteiger partial charge in [0.15, 0.2) is 0 Å². The molecule has 5 aliphatic carbocycles. The van der Waals surface area contributed by atoms with Crippen molar-refractivity contribution in [1.29, 1.82) is 0 Å². The molecule has 0 spiro atoms. The lowest BCUT2D eigenvalue weighted by Crippen LogP contribution is -1.99. The predicted molar refractivity (Wildman–Crippen MR) is 151 cm³/mol. The zero-order valence-electron chi connectivity index (χ0n) is 20.7. The third kappa shape index (κ3) is 1.94. The van der Waals surface area contributed by atoms with Gasteiger partial charge in [0.2, 0.25) is 0 Å². The van der Waals surface area contributed by atoms with Crippen LogP contribution in [0.2, 0.25) is 0 Å². The molecule has 0 saturated heterocycles. The van der Waals surface area contributed by atoms with Crippen LogP contribution in [0.3, 0.4) is 0 Å². The van der Waals surface area contributed by atoms with Crippen LogP contribution in [0, 0.1) is 0 Å². The molecule has 1 aromatic heterocycles. The summed E-state index contributed by atoms with van der Waals surface area (Å²) in [6.07, 6.45) is 6.04. The minimum absolute atomic E-state index is 0.951. The van der Waals surface area contributed by atoms with Crippen LogP contribution in [0.1, 0.15) is 44.5 Å². The van der Waals surface area contributed by atoms with Gasteiger partial charge in [-0.1, -0.05) is 48.5 Å². The van der Waals surface area contributed by atoms with Crippen molar-refractivity contribution in [3.8, 4) is 55.8 Å². The Bertz CT molecular complexity index is 2180. The number of fused-ring (bicyclic) bond motifs is 1. The maximum atomic E-state index is 5.14. The Balaban J connectivity index is 1.34. The summed E-state index contributed by atoms with van der Waals surface area (Å²) >= 11 is 0. The van der Waals surface area contributed by atoms with E-state index in [9.17, 15) is 0 Å². The van der Waals surface area contributed by atoms with Gasteiger partial charge in [-0.05, 0) is 133 Å². The second kappa shape index (κ2) is 5.95. The molecule has 1 heterocycles. The first-order valence-corrected chi connectivity index (χ1v) is 13.7. The summed E-state index contributed by atoms with van der Waals surface area (Å²) in [5, 5.41) is 0. The Morgan fingerprint density at radius 2 is 0.921 bits per heavy atom. The fourth-order valence-electron chi connectivity index (χ4n) is 8.45. The van der Waals surface area contributed by atoms with E-state index >= 15 is 0 Å². The van der Waals surface area contributed by atoms with Gasteiger partial charge in [0.1, 0.15) is 0 Å². The van der Waals surface area contributed by atoms with Gasteiger partial charge in [-0.2, -0.15) is 0 Å². The Morgan fingerprint density at radius 1 is 0.447 bits per heavy atom. The standard InChI is InChI=1S/C36H20N2/c1-2-4-27-26(3-1)37-16-28(38-27)24-15-23-13-21-8-7-19-11-17-5-6-18-12-20-9-10-22-14-25(24)36-34(22)32(20)30(18)29(17)31(19)33(21)35(23)36/h1-10,15-16H,11-14H2. The van der Waals surface area contributed by atoms with Gasteiger partial charge in [-0.3, -0.25) is 4.98 Å². The second-order valence-corrected chi connectivity index (χ2v) is 11.7. The highest BCUT2D eigenvalue weighted by atomic mass is 14.8. The zero-order chi connectivity index (χ0) is 24.3. The van der Waals surface area contributed by atoms with Gasteiger partial charge >= 0.3 is 0 Å². The lowest BCUT2D eigenvalue weighted by atomic mass is 9.80. The molecular weight excluding hydrogens is 460 g/mol. The first-order valence-electron chi connectivity index (χ1n) is 13.7. The number of hydrogen-bond donors (Lipinski definition) is 0. The third-order valence-electron chi connectivity index (χ3n) is 9.88. The largest absolute Gasteiger partial charge is 0.252 e. The lowest BCUT2D eigenvalue weighted by molar-refractivity contribution is 1.20. The van der Waals surface area contributed by atoms with Crippen LogP contribution in [-0.4, -0.2) is 9.97 Å². The summed E-state index contributed by atoms with van der Waals surface area (Å²) in [6.45, 7) is 0. The Labute approximate surface area is 219 Å². The molecule has 2 heteroatoms. The number of nitrogens with zero attached hydrogens (tertiary/aromatic N) is 2. The molecular formula is C36H20N2. The molecule has 6 aromatic rings. The number of benzene rings is 5. The van der Waals surface area contributed by atoms with Gasteiger partial charge in [-0.15, -0.1) is 0 Å².